The third-order valence-electron chi connectivity index (χ3n) is 12.0. The standard InChI is InChI=1S/C49H67N15O9/c1-3-12-35(58-28(2)65)43(68)64-40-24-41(66)54-19-10-9-17-34(42(50)67)59-46(71)38(22-30-25-56-33-16-8-7-15-32(30)33)62-44(69)36(18-11-20-55-49(51)52)60-45(70)37(21-29-13-5-4-6-14-29)61-47(72)39(63-48(40)73)23-31-26-53-27-57-31/h4-8,13-16,25-27,34-40,56H,3,9-12,17-24H2,1-2H3,(H2,50,67)(H,53,57)(H,54,66)(H,58,65)(H,59,71)(H,60,70)(H,61,72)(H,62,69)(H,63,73)(H,64,68)(H4,51,52,55)/t34-,35-,36-,37+,38-,39-,40-/m0/s1. The van der Waals surface area contributed by atoms with Crippen molar-refractivity contribution in [3.05, 3.63) is 90.1 Å². The molecule has 3 heterocycles. The third-order valence-corrected chi connectivity index (χ3v) is 12.0. The molecule has 4 aromatic rings. The molecule has 1 aliphatic heterocycles. The summed E-state index contributed by atoms with van der Waals surface area (Å²) in [4.78, 5) is 139. The van der Waals surface area contributed by atoms with Crippen molar-refractivity contribution in [2.75, 3.05) is 13.1 Å². The summed E-state index contributed by atoms with van der Waals surface area (Å²) in [6.45, 7) is 3.14. The predicted octanol–water partition coefficient (Wildman–Crippen LogP) is -1.64. The van der Waals surface area contributed by atoms with Crippen molar-refractivity contribution in [3.63, 3.8) is 0 Å². The van der Waals surface area contributed by atoms with E-state index in [-0.39, 0.29) is 76.8 Å². The van der Waals surface area contributed by atoms with E-state index in [1.165, 1.54) is 19.4 Å². The summed E-state index contributed by atoms with van der Waals surface area (Å²) >= 11 is 0. The number of carbonyl (C=O) groups is 9. The molecule has 1 saturated heterocycles. The van der Waals surface area contributed by atoms with Crippen LogP contribution in [-0.2, 0) is 62.4 Å². The average molecular weight is 1010 g/mol. The molecule has 0 unspecified atom stereocenters. The molecule has 0 spiro atoms. The van der Waals surface area contributed by atoms with Gasteiger partial charge in [-0.05, 0) is 55.7 Å². The maximum atomic E-state index is 14.7. The minimum atomic E-state index is -1.58. The first-order chi connectivity index (χ1) is 35.0. The summed E-state index contributed by atoms with van der Waals surface area (Å²) in [6.07, 6.45) is 4.93. The summed E-state index contributed by atoms with van der Waals surface area (Å²) in [5.74, 6) is -7.13. The smallest absolute Gasteiger partial charge is 0.243 e. The molecule has 0 bridgehead atoms. The second-order valence-electron chi connectivity index (χ2n) is 17.8. The number of amides is 9. The van der Waals surface area contributed by atoms with Gasteiger partial charge in [-0.1, -0.05) is 61.9 Å². The van der Waals surface area contributed by atoms with Crippen molar-refractivity contribution in [1.29, 1.82) is 0 Å². The Morgan fingerprint density at radius 3 is 2.08 bits per heavy atom. The van der Waals surface area contributed by atoms with Crippen molar-refractivity contribution in [2.24, 2.45) is 22.2 Å². The number of primary amides is 1. The molecule has 7 atom stereocenters. The Hall–Kier alpha value is -8.31. The van der Waals surface area contributed by atoms with E-state index >= 15 is 0 Å². The van der Waals surface area contributed by atoms with Crippen LogP contribution in [0.2, 0.25) is 0 Å². The van der Waals surface area contributed by atoms with Crippen molar-refractivity contribution in [3.8, 4) is 0 Å². The highest BCUT2D eigenvalue weighted by Crippen LogP contribution is 2.20. The highest BCUT2D eigenvalue weighted by Gasteiger charge is 2.35. The summed E-state index contributed by atoms with van der Waals surface area (Å²) in [6, 6.07) is 6.66. The molecule has 2 aromatic carbocycles. The predicted molar refractivity (Wildman–Crippen MR) is 269 cm³/mol. The van der Waals surface area contributed by atoms with Gasteiger partial charge in [0.25, 0.3) is 0 Å². The summed E-state index contributed by atoms with van der Waals surface area (Å²) in [7, 11) is 0. The Morgan fingerprint density at radius 2 is 1.41 bits per heavy atom. The molecule has 16 N–H and O–H groups in total. The zero-order valence-corrected chi connectivity index (χ0v) is 41.0. The van der Waals surface area contributed by atoms with Crippen LogP contribution in [0.25, 0.3) is 10.9 Å². The van der Waals surface area contributed by atoms with E-state index in [0.29, 0.717) is 23.2 Å². The third kappa shape index (κ3) is 17.8. The van der Waals surface area contributed by atoms with E-state index in [0.717, 1.165) is 10.9 Å². The summed E-state index contributed by atoms with van der Waals surface area (Å²) in [5.41, 5.74) is 19.4. The fourth-order valence-electron chi connectivity index (χ4n) is 8.28. The molecule has 9 amide bonds. The number of hydrogen-bond acceptors (Lipinski definition) is 11. The van der Waals surface area contributed by atoms with E-state index < -0.39 is 102 Å². The van der Waals surface area contributed by atoms with E-state index in [1.54, 1.807) is 43.5 Å². The number of aromatic nitrogens is 3. The van der Waals surface area contributed by atoms with Crippen LogP contribution in [0.5, 0.6) is 0 Å². The largest absolute Gasteiger partial charge is 0.370 e. The number of guanidine groups is 1. The molecule has 24 nitrogen and oxygen atoms in total. The highest BCUT2D eigenvalue weighted by atomic mass is 16.2. The first kappa shape index (κ1) is 55.6. The number of nitrogens with one attached hydrogen (secondary N) is 10. The van der Waals surface area contributed by atoms with Crippen LogP contribution in [0.4, 0.5) is 0 Å². The van der Waals surface area contributed by atoms with Gasteiger partial charge >= 0.3 is 0 Å². The van der Waals surface area contributed by atoms with Crippen LogP contribution in [0.1, 0.15) is 82.0 Å². The Balaban J connectivity index is 1.55. The van der Waals surface area contributed by atoms with Gasteiger partial charge in [-0.3, -0.25) is 48.1 Å². The van der Waals surface area contributed by atoms with Crippen LogP contribution >= 0.6 is 0 Å². The van der Waals surface area contributed by atoms with Crippen molar-refractivity contribution < 1.29 is 43.2 Å². The van der Waals surface area contributed by atoms with Gasteiger partial charge in [-0.2, -0.15) is 0 Å². The topological polar surface area (TPSA) is 385 Å². The number of aliphatic imine (C=N–C) groups is 1. The number of hydrogen-bond donors (Lipinski definition) is 13. The Kier molecular flexibility index (Phi) is 21.3. The fourth-order valence-corrected chi connectivity index (χ4v) is 8.28. The molecule has 392 valence electrons. The molecule has 73 heavy (non-hydrogen) atoms. The Bertz CT molecular complexity index is 2560. The van der Waals surface area contributed by atoms with Gasteiger partial charge in [0, 0.05) is 68.3 Å². The lowest BCUT2D eigenvalue weighted by Gasteiger charge is -2.28. The first-order valence-corrected chi connectivity index (χ1v) is 24.3. The minimum Gasteiger partial charge on any atom is -0.370 e. The number of imidazole rings is 1. The zero-order chi connectivity index (χ0) is 52.9. The lowest BCUT2D eigenvalue weighted by molar-refractivity contribution is -0.136. The second kappa shape index (κ2) is 27.9. The molecule has 0 aliphatic carbocycles. The molecule has 24 heteroatoms. The maximum absolute atomic E-state index is 14.7. The highest BCUT2D eigenvalue weighted by molar-refractivity contribution is 5.99. The van der Waals surface area contributed by atoms with E-state index in [9.17, 15) is 43.2 Å². The van der Waals surface area contributed by atoms with Gasteiger partial charge in [0.15, 0.2) is 5.96 Å². The molecule has 2 aromatic heterocycles. The molecule has 0 radical (unpaired) electrons. The van der Waals surface area contributed by atoms with E-state index in [2.05, 4.69) is 62.5 Å². The fraction of sp³-hybridized carbons (Fsp3) is 0.449. The normalized spacial score (nSPS) is 21.5. The number of aromatic amines is 2. The molecule has 1 fully saturated rings. The zero-order valence-electron chi connectivity index (χ0n) is 41.0. The first-order valence-electron chi connectivity index (χ1n) is 24.3. The summed E-state index contributed by atoms with van der Waals surface area (Å²) in [5, 5.41) is 22.3. The van der Waals surface area contributed by atoms with Crippen LogP contribution in [0, 0.1) is 0 Å². The average Bonchev–Trinajstić information content (AvgIpc) is 4.03. The number of fused-ring (bicyclic) bond motifs is 1. The number of rotatable bonds is 16. The quantitative estimate of drug-likeness (QED) is 0.0342. The SMILES string of the molecule is CCC[C@H](NC(C)=O)C(=O)N[C@H]1CC(=O)NCCCC[C@@H](C(N)=O)NC(=O)[C@H](Cc2c[nH]c3ccccc23)NC(=O)[C@H](CCCN=C(N)N)NC(=O)[C@@H](Cc2ccccc2)NC(=O)[C@H](Cc2cnc[nH]2)NC1=O. The molecule has 1 aliphatic rings. The van der Waals surface area contributed by atoms with Crippen molar-refractivity contribution >= 4 is 70.0 Å². The van der Waals surface area contributed by atoms with Crippen molar-refractivity contribution in [2.45, 2.75) is 127 Å². The second-order valence-corrected chi connectivity index (χ2v) is 17.8. The summed E-state index contributed by atoms with van der Waals surface area (Å²) < 4.78 is 0. The van der Waals surface area contributed by atoms with Crippen LogP contribution in [-0.4, -0.2) is 129 Å². The Morgan fingerprint density at radius 1 is 0.767 bits per heavy atom. The van der Waals surface area contributed by atoms with Gasteiger partial charge in [0.05, 0.1) is 12.7 Å². The Labute approximate surface area is 421 Å². The number of para-hydroxylation sites is 1. The van der Waals surface area contributed by atoms with Crippen LogP contribution in [0.15, 0.2) is 78.3 Å². The number of nitrogens with two attached hydrogens (primary N) is 3. The number of carbonyl (C=O) groups excluding carboxylic acids is 9. The minimum absolute atomic E-state index is 0.0405. The maximum Gasteiger partial charge on any atom is 0.243 e. The van der Waals surface area contributed by atoms with Crippen molar-refractivity contribution in [1.82, 2.24) is 57.5 Å². The monoisotopic (exact) mass is 1010 g/mol. The number of nitrogens with zero attached hydrogens (tertiary/aromatic N) is 2. The molecule has 5 rings (SSSR count). The van der Waals surface area contributed by atoms with E-state index in [1.807, 2.05) is 24.3 Å². The lowest BCUT2D eigenvalue weighted by atomic mass is 10.0. The van der Waals surface area contributed by atoms with Gasteiger partial charge in [-0.15, -0.1) is 0 Å². The molecular formula is C49H67N15O9. The van der Waals surface area contributed by atoms with Gasteiger partial charge in [0.1, 0.15) is 42.3 Å². The number of benzene rings is 2. The lowest BCUT2D eigenvalue weighted by Crippen LogP contribution is -2.61. The van der Waals surface area contributed by atoms with E-state index in [4.69, 9.17) is 17.2 Å². The van der Waals surface area contributed by atoms with Gasteiger partial charge < -0.3 is 69.7 Å². The van der Waals surface area contributed by atoms with Crippen LogP contribution in [0.3, 0.4) is 0 Å². The molecular weight excluding hydrogens is 943 g/mol. The molecule has 0 saturated carbocycles. The number of H-pyrrole nitrogens is 2. The van der Waals surface area contributed by atoms with Crippen LogP contribution < -0.4 is 59.7 Å². The van der Waals surface area contributed by atoms with Gasteiger partial charge in [0.2, 0.25) is 53.2 Å². The van der Waals surface area contributed by atoms with Gasteiger partial charge in [-0.25, -0.2) is 4.98 Å².